The molecule has 0 heterocycles. The molecule has 0 aliphatic rings. The molecule has 5 nitrogen and oxygen atoms in total. The second kappa shape index (κ2) is 13.3. The van der Waals surface area contributed by atoms with Gasteiger partial charge in [0.15, 0.2) is 6.61 Å². The molecule has 2 amide bonds. The van der Waals surface area contributed by atoms with E-state index in [1.807, 2.05) is 44.2 Å². The Morgan fingerprint density at radius 1 is 1.03 bits per heavy atom. The van der Waals surface area contributed by atoms with Crippen LogP contribution in [0, 0.1) is 5.82 Å². The number of hydrogen-bond donors (Lipinski definition) is 1. The van der Waals surface area contributed by atoms with Gasteiger partial charge >= 0.3 is 0 Å². The predicted molar refractivity (Wildman–Crippen MR) is 141 cm³/mol. The van der Waals surface area contributed by atoms with Crippen LogP contribution < -0.4 is 10.1 Å². The maximum atomic E-state index is 14.6. The van der Waals surface area contributed by atoms with Crippen LogP contribution in [0.4, 0.5) is 4.39 Å². The van der Waals surface area contributed by atoms with Crippen molar-refractivity contribution in [1.82, 2.24) is 10.2 Å². The number of hydrogen-bond acceptors (Lipinski definition) is 3. The summed E-state index contributed by atoms with van der Waals surface area (Å²) in [5, 5.41) is 3.66. The van der Waals surface area contributed by atoms with Gasteiger partial charge in [0.2, 0.25) is 5.91 Å². The van der Waals surface area contributed by atoms with E-state index in [-0.39, 0.29) is 35.7 Å². The number of carbonyl (C=O) groups excluding carboxylic acids is 2. The first-order chi connectivity index (χ1) is 17.3. The van der Waals surface area contributed by atoms with E-state index in [4.69, 9.17) is 27.9 Å². The van der Waals surface area contributed by atoms with E-state index in [9.17, 15) is 14.0 Å². The lowest BCUT2D eigenvalue weighted by atomic mass is 10.0. The van der Waals surface area contributed by atoms with Gasteiger partial charge in [-0.1, -0.05) is 78.7 Å². The van der Waals surface area contributed by atoms with Crippen molar-refractivity contribution in [2.45, 2.75) is 45.3 Å². The van der Waals surface area contributed by atoms with Crippen molar-refractivity contribution in [1.29, 1.82) is 0 Å². The highest BCUT2D eigenvalue weighted by Crippen LogP contribution is 2.27. The number of benzene rings is 3. The van der Waals surface area contributed by atoms with E-state index in [1.54, 1.807) is 30.3 Å². The first-order valence-electron chi connectivity index (χ1n) is 11.7. The lowest BCUT2D eigenvalue weighted by Gasteiger charge is -2.32. The fraction of sp³-hybridized carbons (Fsp3) is 0.286. The summed E-state index contributed by atoms with van der Waals surface area (Å²) in [4.78, 5) is 28.3. The minimum Gasteiger partial charge on any atom is -0.482 e. The van der Waals surface area contributed by atoms with Crippen LogP contribution in [0.25, 0.3) is 0 Å². The lowest BCUT2D eigenvalue weighted by molar-refractivity contribution is -0.143. The Kier molecular flexibility index (Phi) is 10.1. The molecule has 0 unspecified atom stereocenters. The van der Waals surface area contributed by atoms with E-state index < -0.39 is 24.4 Å². The Balaban J connectivity index is 1.93. The van der Waals surface area contributed by atoms with Crippen LogP contribution in [0.5, 0.6) is 5.75 Å². The molecule has 1 N–H and O–H groups in total. The molecule has 0 aliphatic heterocycles. The Labute approximate surface area is 221 Å². The Morgan fingerprint density at radius 2 is 1.72 bits per heavy atom. The van der Waals surface area contributed by atoms with Crippen LogP contribution in [0.3, 0.4) is 0 Å². The fourth-order valence-electron chi connectivity index (χ4n) is 3.62. The smallest absolute Gasteiger partial charge is 0.261 e. The Morgan fingerprint density at radius 3 is 2.39 bits per heavy atom. The maximum absolute atomic E-state index is 14.6. The largest absolute Gasteiger partial charge is 0.482 e. The monoisotopic (exact) mass is 530 g/mol. The van der Waals surface area contributed by atoms with Gasteiger partial charge in [-0.05, 0) is 43.2 Å². The number of halogens is 3. The average molecular weight is 531 g/mol. The summed E-state index contributed by atoms with van der Waals surface area (Å²) in [5.74, 6) is -0.978. The number of carbonyl (C=O) groups is 2. The molecule has 3 aromatic carbocycles. The molecule has 2 atom stereocenters. The van der Waals surface area contributed by atoms with Crippen molar-refractivity contribution in [2.24, 2.45) is 0 Å². The summed E-state index contributed by atoms with van der Waals surface area (Å²) in [6, 6.07) is 19.3. The molecular formula is C28H29Cl2FN2O3. The summed E-state index contributed by atoms with van der Waals surface area (Å²) in [6.07, 6.45) is 0.980. The van der Waals surface area contributed by atoms with E-state index in [0.29, 0.717) is 10.6 Å². The predicted octanol–water partition coefficient (Wildman–Crippen LogP) is 6.07. The molecule has 0 bridgehead atoms. The molecule has 0 radical (unpaired) electrons. The Bertz CT molecular complexity index is 1180. The zero-order valence-electron chi connectivity index (χ0n) is 20.2. The van der Waals surface area contributed by atoms with Crippen molar-refractivity contribution in [2.75, 3.05) is 6.61 Å². The molecule has 190 valence electrons. The van der Waals surface area contributed by atoms with Crippen LogP contribution in [-0.2, 0) is 22.6 Å². The van der Waals surface area contributed by atoms with Crippen molar-refractivity contribution in [3.8, 4) is 5.75 Å². The third kappa shape index (κ3) is 7.70. The highest BCUT2D eigenvalue weighted by molar-refractivity contribution is 6.35. The van der Waals surface area contributed by atoms with Gasteiger partial charge in [0.25, 0.3) is 5.91 Å². The van der Waals surface area contributed by atoms with Gasteiger partial charge in [-0.3, -0.25) is 9.59 Å². The van der Waals surface area contributed by atoms with Crippen molar-refractivity contribution < 1.29 is 18.7 Å². The summed E-state index contributed by atoms with van der Waals surface area (Å²) in [6.45, 7) is 3.36. The second-order valence-electron chi connectivity index (χ2n) is 8.50. The molecule has 0 aromatic heterocycles. The molecule has 0 saturated heterocycles. The SMILES string of the molecule is CC[C@H](C)NC(=O)[C@@H](Cc1ccccc1)N(Cc1ccccc1F)C(=O)COc1ccc(Cl)cc1Cl. The number of amides is 2. The van der Waals surface area contributed by atoms with Gasteiger partial charge < -0.3 is 15.0 Å². The minimum atomic E-state index is -0.891. The van der Waals surface area contributed by atoms with Gasteiger partial charge in [-0.25, -0.2) is 4.39 Å². The fourth-order valence-corrected chi connectivity index (χ4v) is 4.08. The third-order valence-electron chi connectivity index (χ3n) is 5.82. The van der Waals surface area contributed by atoms with Crippen LogP contribution in [-0.4, -0.2) is 35.4 Å². The second-order valence-corrected chi connectivity index (χ2v) is 9.34. The average Bonchev–Trinajstić information content (AvgIpc) is 2.87. The number of ether oxygens (including phenoxy) is 1. The number of rotatable bonds is 11. The van der Waals surface area contributed by atoms with E-state index in [1.165, 1.54) is 17.0 Å². The summed E-state index contributed by atoms with van der Waals surface area (Å²) in [5.41, 5.74) is 1.17. The highest BCUT2D eigenvalue weighted by Gasteiger charge is 2.31. The van der Waals surface area contributed by atoms with Gasteiger partial charge in [0.05, 0.1) is 5.02 Å². The van der Waals surface area contributed by atoms with Gasteiger partial charge in [0, 0.05) is 29.6 Å². The highest BCUT2D eigenvalue weighted by atomic mass is 35.5. The first kappa shape index (κ1) is 27.5. The van der Waals surface area contributed by atoms with Crippen molar-refractivity contribution >= 4 is 35.0 Å². The standard InChI is InChI=1S/C28H29Cl2FN2O3/c1-3-19(2)32-28(35)25(15-20-9-5-4-6-10-20)33(17-21-11-7-8-12-24(21)31)27(34)18-36-26-14-13-22(29)16-23(26)30/h4-14,16,19,25H,3,15,17-18H2,1-2H3,(H,32,35)/t19-,25+/m0/s1. The van der Waals surface area contributed by atoms with Gasteiger partial charge in [-0.2, -0.15) is 0 Å². The molecule has 36 heavy (non-hydrogen) atoms. The first-order valence-corrected chi connectivity index (χ1v) is 12.5. The van der Waals surface area contributed by atoms with E-state index in [2.05, 4.69) is 5.32 Å². The lowest BCUT2D eigenvalue weighted by Crippen LogP contribution is -2.53. The quantitative estimate of drug-likeness (QED) is 0.327. The zero-order valence-corrected chi connectivity index (χ0v) is 21.7. The summed E-state index contributed by atoms with van der Waals surface area (Å²) in [7, 11) is 0. The van der Waals surface area contributed by atoms with Crippen molar-refractivity contribution in [3.63, 3.8) is 0 Å². The number of nitrogens with one attached hydrogen (secondary N) is 1. The van der Waals surface area contributed by atoms with Crippen LogP contribution in [0.15, 0.2) is 72.8 Å². The summed E-state index contributed by atoms with van der Waals surface area (Å²) < 4.78 is 20.3. The molecule has 3 rings (SSSR count). The number of nitrogens with zero attached hydrogens (tertiary/aromatic N) is 1. The molecule has 0 aliphatic carbocycles. The van der Waals surface area contributed by atoms with Crippen molar-refractivity contribution in [3.05, 3.63) is 99.8 Å². The zero-order chi connectivity index (χ0) is 26.1. The van der Waals surface area contributed by atoms with Crippen LogP contribution in [0.1, 0.15) is 31.4 Å². The molecule has 3 aromatic rings. The molecular weight excluding hydrogens is 502 g/mol. The molecule has 0 fully saturated rings. The van der Waals surface area contributed by atoms with Gasteiger partial charge in [0.1, 0.15) is 17.6 Å². The third-order valence-corrected chi connectivity index (χ3v) is 6.35. The Hall–Kier alpha value is -3.09. The molecule has 8 heteroatoms. The summed E-state index contributed by atoms with van der Waals surface area (Å²) >= 11 is 12.1. The van der Waals surface area contributed by atoms with E-state index in [0.717, 1.165) is 12.0 Å². The van der Waals surface area contributed by atoms with Gasteiger partial charge in [-0.15, -0.1) is 0 Å². The van der Waals surface area contributed by atoms with Crippen LogP contribution >= 0.6 is 23.2 Å². The minimum absolute atomic E-state index is 0.0923. The normalized spacial score (nSPS) is 12.5. The molecule has 0 saturated carbocycles. The topological polar surface area (TPSA) is 58.6 Å². The van der Waals surface area contributed by atoms with E-state index >= 15 is 0 Å². The molecule has 0 spiro atoms. The maximum Gasteiger partial charge on any atom is 0.261 e. The van der Waals surface area contributed by atoms with Crippen LogP contribution in [0.2, 0.25) is 10.0 Å².